The smallest absolute Gasteiger partial charge is 0.254 e. The van der Waals surface area contributed by atoms with Crippen molar-refractivity contribution < 1.29 is 17.9 Å². The van der Waals surface area contributed by atoms with E-state index >= 15 is 0 Å². The van der Waals surface area contributed by atoms with E-state index in [4.69, 9.17) is 4.74 Å². The first-order valence-corrected chi connectivity index (χ1v) is 10.3. The Balaban J connectivity index is 1.50. The molecule has 1 aromatic carbocycles. The van der Waals surface area contributed by atoms with Gasteiger partial charge in [-0.05, 0) is 25.1 Å². The summed E-state index contributed by atoms with van der Waals surface area (Å²) >= 11 is 0. The lowest BCUT2D eigenvalue weighted by atomic mass is 10.1. The average molecular weight is 390 g/mol. The van der Waals surface area contributed by atoms with Crippen LogP contribution in [0.1, 0.15) is 12.1 Å². The van der Waals surface area contributed by atoms with Gasteiger partial charge in [-0.3, -0.25) is 9.59 Å². The number of carbonyl (C=O) groups is 1. The molecular formula is C19H22N2O5S. The molecule has 0 saturated carbocycles. The molecule has 2 heterocycles. The van der Waals surface area contributed by atoms with Gasteiger partial charge in [0.15, 0.2) is 9.84 Å². The summed E-state index contributed by atoms with van der Waals surface area (Å²) in [5.41, 5.74) is 0.638. The molecule has 2 aromatic rings. The lowest BCUT2D eigenvalue weighted by molar-refractivity contribution is -0.139. The molecule has 0 bridgehead atoms. The zero-order chi connectivity index (χ0) is 19.6. The Morgan fingerprint density at radius 2 is 1.85 bits per heavy atom. The van der Waals surface area contributed by atoms with Crippen molar-refractivity contribution in [2.24, 2.45) is 7.05 Å². The van der Waals surface area contributed by atoms with Gasteiger partial charge in [0.1, 0.15) is 11.9 Å². The Morgan fingerprint density at radius 1 is 1.19 bits per heavy atom. The Morgan fingerprint density at radius 3 is 2.48 bits per heavy atom. The van der Waals surface area contributed by atoms with E-state index in [-0.39, 0.29) is 34.6 Å². The van der Waals surface area contributed by atoms with Gasteiger partial charge < -0.3 is 14.2 Å². The van der Waals surface area contributed by atoms with Crippen molar-refractivity contribution in [3.8, 4) is 5.75 Å². The zero-order valence-electron chi connectivity index (χ0n) is 15.3. The van der Waals surface area contributed by atoms with Gasteiger partial charge in [-0.25, -0.2) is 8.42 Å². The maximum atomic E-state index is 12.2. The largest absolute Gasteiger partial charge is 0.486 e. The first kappa shape index (κ1) is 19.2. The van der Waals surface area contributed by atoms with E-state index < -0.39 is 9.84 Å². The summed E-state index contributed by atoms with van der Waals surface area (Å²) in [5, 5.41) is 0. The van der Waals surface area contributed by atoms with E-state index in [1.54, 1.807) is 36.2 Å². The van der Waals surface area contributed by atoms with Crippen LogP contribution in [0.4, 0.5) is 0 Å². The summed E-state index contributed by atoms with van der Waals surface area (Å²) in [7, 11) is -1.78. The molecule has 0 spiro atoms. The molecule has 144 valence electrons. The number of hydrogen-bond donors (Lipinski definition) is 0. The van der Waals surface area contributed by atoms with Crippen LogP contribution in [0.15, 0.2) is 52.2 Å². The summed E-state index contributed by atoms with van der Waals surface area (Å²) in [4.78, 5) is 25.8. The summed E-state index contributed by atoms with van der Waals surface area (Å²) < 4.78 is 31.7. The third-order valence-electron chi connectivity index (χ3n) is 4.67. The van der Waals surface area contributed by atoms with E-state index in [9.17, 15) is 18.0 Å². The van der Waals surface area contributed by atoms with Gasteiger partial charge in [-0.1, -0.05) is 18.2 Å². The third kappa shape index (κ3) is 4.39. The van der Waals surface area contributed by atoms with Gasteiger partial charge in [0, 0.05) is 25.2 Å². The fraction of sp³-hybridized carbons (Fsp3) is 0.368. The molecule has 7 nitrogen and oxygen atoms in total. The number of carbonyl (C=O) groups excluding carboxylic acids is 1. The van der Waals surface area contributed by atoms with Crippen LogP contribution in [0.2, 0.25) is 0 Å². The number of amides is 1. The second-order valence-electron chi connectivity index (χ2n) is 6.65. The number of aryl methyl sites for hydroxylation is 1. The van der Waals surface area contributed by atoms with Crippen molar-refractivity contribution in [1.82, 2.24) is 9.47 Å². The van der Waals surface area contributed by atoms with Crippen LogP contribution < -0.4 is 10.3 Å². The highest BCUT2D eigenvalue weighted by Gasteiger charge is 2.32. The zero-order valence-corrected chi connectivity index (χ0v) is 16.1. The number of sulfone groups is 1. The number of hydrogen-bond acceptors (Lipinski definition) is 5. The highest BCUT2D eigenvalue weighted by Crippen LogP contribution is 2.19. The van der Waals surface area contributed by atoms with Crippen molar-refractivity contribution in [2.75, 3.05) is 18.8 Å². The van der Waals surface area contributed by atoms with Crippen LogP contribution in [0.25, 0.3) is 0 Å². The highest BCUT2D eigenvalue weighted by atomic mass is 32.2. The van der Waals surface area contributed by atoms with Crippen molar-refractivity contribution >= 4 is 15.7 Å². The molecular weight excluding hydrogens is 368 g/mol. The summed E-state index contributed by atoms with van der Waals surface area (Å²) in [6.07, 6.45) is -0.249. The highest BCUT2D eigenvalue weighted by molar-refractivity contribution is 7.91. The van der Waals surface area contributed by atoms with E-state index in [1.807, 2.05) is 6.92 Å². The number of ether oxygens (including phenoxy) is 1. The maximum Gasteiger partial charge on any atom is 0.254 e. The molecule has 0 radical (unpaired) electrons. The number of likely N-dealkylation sites (tertiary alicyclic amines) is 1. The van der Waals surface area contributed by atoms with E-state index in [0.29, 0.717) is 18.8 Å². The molecule has 1 aromatic heterocycles. The first-order valence-electron chi connectivity index (χ1n) is 8.66. The number of rotatable bonds is 6. The molecule has 1 aliphatic rings. The maximum absolute atomic E-state index is 12.2. The topological polar surface area (TPSA) is 85.7 Å². The van der Waals surface area contributed by atoms with Crippen molar-refractivity contribution in [3.05, 3.63) is 58.5 Å². The third-order valence-corrected chi connectivity index (χ3v) is 6.40. The standard InChI is InChI=1S/C19H22N2O5S/c1-14-10-15(11-19(23)20(14)2)26-16-12-21(13-16)18(22)8-9-27(24,25)17-6-4-3-5-7-17/h3-7,10-11,16H,8-9,12-13H2,1-2H3. The summed E-state index contributed by atoms with van der Waals surface area (Å²) in [5.74, 6) is 0.0556. The molecule has 1 fully saturated rings. The lowest BCUT2D eigenvalue weighted by Gasteiger charge is -2.39. The monoisotopic (exact) mass is 390 g/mol. The average Bonchev–Trinajstić information content (AvgIpc) is 2.61. The first-order chi connectivity index (χ1) is 12.8. The molecule has 3 rings (SSSR count). The van der Waals surface area contributed by atoms with Gasteiger partial charge in [0.2, 0.25) is 5.91 Å². The van der Waals surface area contributed by atoms with Crippen LogP contribution in [-0.2, 0) is 21.7 Å². The minimum atomic E-state index is -3.46. The second-order valence-corrected chi connectivity index (χ2v) is 8.76. The quantitative estimate of drug-likeness (QED) is 0.739. The molecule has 0 atom stereocenters. The number of pyridine rings is 1. The molecule has 27 heavy (non-hydrogen) atoms. The molecule has 0 unspecified atom stereocenters. The van der Waals surface area contributed by atoms with E-state index in [2.05, 4.69) is 0 Å². The minimum Gasteiger partial charge on any atom is -0.486 e. The van der Waals surface area contributed by atoms with Gasteiger partial charge in [0.05, 0.1) is 23.7 Å². The van der Waals surface area contributed by atoms with Crippen LogP contribution in [0.3, 0.4) is 0 Å². The lowest BCUT2D eigenvalue weighted by Crippen LogP contribution is -2.56. The van der Waals surface area contributed by atoms with Crippen molar-refractivity contribution in [2.45, 2.75) is 24.3 Å². The summed E-state index contributed by atoms with van der Waals surface area (Å²) in [6.45, 7) is 2.59. The minimum absolute atomic E-state index is 0.0606. The second kappa shape index (κ2) is 7.56. The van der Waals surface area contributed by atoms with Crippen LogP contribution in [-0.4, -0.2) is 48.7 Å². The molecule has 0 N–H and O–H groups in total. The van der Waals surface area contributed by atoms with Crippen LogP contribution in [0, 0.1) is 6.92 Å². The number of aromatic nitrogens is 1. The SMILES string of the molecule is Cc1cc(OC2CN(C(=O)CCS(=O)(=O)c3ccccc3)C2)cc(=O)n1C. The fourth-order valence-corrected chi connectivity index (χ4v) is 4.09. The van der Waals surface area contributed by atoms with Crippen molar-refractivity contribution in [3.63, 3.8) is 0 Å². The molecule has 8 heteroatoms. The molecule has 0 aliphatic carbocycles. The van der Waals surface area contributed by atoms with Gasteiger partial charge in [-0.15, -0.1) is 0 Å². The van der Waals surface area contributed by atoms with Crippen LogP contribution in [0.5, 0.6) is 5.75 Å². The fourth-order valence-electron chi connectivity index (χ4n) is 2.84. The predicted octanol–water partition coefficient (Wildman–Crippen LogP) is 1.15. The van der Waals surface area contributed by atoms with Gasteiger partial charge in [0.25, 0.3) is 5.56 Å². The Kier molecular flexibility index (Phi) is 5.36. The molecule has 1 aliphatic heterocycles. The van der Waals surface area contributed by atoms with Crippen LogP contribution >= 0.6 is 0 Å². The predicted molar refractivity (Wildman–Crippen MR) is 101 cm³/mol. The van der Waals surface area contributed by atoms with Gasteiger partial charge in [-0.2, -0.15) is 0 Å². The Labute approximate surface area is 158 Å². The normalized spacial score (nSPS) is 14.7. The van der Waals surface area contributed by atoms with E-state index in [0.717, 1.165) is 5.69 Å². The number of nitrogens with zero attached hydrogens (tertiary/aromatic N) is 2. The van der Waals surface area contributed by atoms with Crippen molar-refractivity contribution in [1.29, 1.82) is 0 Å². The molecule has 1 saturated heterocycles. The summed E-state index contributed by atoms with van der Waals surface area (Å²) in [6, 6.07) is 11.3. The Bertz CT molecular complexity index is 993. The number of benzene rings is 1. The van der Waals surface area contributed by atoms with Gasteiger partial charge >= 0.3 is 0 Å². The van der Waals surface area contributed by atoms with E-state index in [1.165, 1.54) is 22.8 Å². The Hall–Kier alpha value is -2.61. The molecule has 1 amide bonds.